The Labute approximate surface area is 144 Å². The molecular formula is C16H17N3O5S. The molecule has 1 fully saturated rings. The van der Waals surface area contributed by atoms with E-state index in [1.165, 1.54) is 25.3 Å². The summed E-state index contributed by atoms with van der Waals surface area (Å²) in [6.45, 7) is 3.67. The fourth-order valence-corrected chi connectivity index (χ4v) is 3.33. The molecule has 2 aromatic rings. The molecule has 1 aliphatic rings. The van der Waals surface area contributed by atoms with Crippen molar-refractivity contribution in [1.29, 1.82) is 0 Å². The van der Waals surface area contributed by atoms with Crippen LogP contribution >= 0.6 is 0 Å². The Bertz CT molecular complexity index is 948. The number of hydrogen-bond donors (Lipinski definition) is 1. The van der Waals surface area contributed by atoms with Crippen LogP contribution in [0.3, 0.4) is 0 Å². The molecule has 9 heteroatoms. The van der Waals surface area contributed by atoms with E-state index in [-0.39, 0.29) is 10.6 Å². The third kappa shape index (κ3) is 3.71. The van der Waals surface area contributed by atoms with Gasteiger partial charge in [-0.05, 0) is 37.5 Å². The molecule has 1 N–H and O–H groups in total. The maximum Gasteiger partial charge on any atom is 0.276 e. The number of nitro benzene ring substituents is 1. The lowest BCUT2D eigenvalue weighted by Crippen LogP contribution is -2.18. The summed E-state index contributed by atoms with van der Waals surface area (Å²) in [6.07, 6.45) is 2.35. The molecule has 25 heavy (non-hydrogen) atoms. The molecular weight excluding hydrogens is 346 g/mol. The first-order chi connectivity index (χ1) is 11.8. The van der Waals surface area contributed by atoms with Gasteiger partial charge in [-0.25, -0.2) is 0 Å². The van der Waals surface area contributed by atoms with Gasteiger partial charge in [0.2, 0.25) is 0 Å². The minimum absolute atomic E-state index is 0.228. The number of rotatable bonds is 6. The van der Waals surface area contributed by atoms with E-state index in [2.05, 4.69) is 12.0 Å². The second kappa shape index (κ2) is 6.32. The molecule has 0 radical (unpaired) electrons. The molecule has 0 amide bonds. The zero-order chi connectivity index (χ0) is 18.2. The van der Waals surface area contributed by atoms with Crippen LogP contribution in [-0.4, -0.2) is 19.6 Å². The summed E-state index contributed by atoms with van der Waals surface area (Å²) in [5.74, 6) is 2.33. The summed E-state index contributed by atoms with van der Waals surface area (Å²) in [4.78, 5) is 12.1. The Morgan fingerprint density at radius 3 is 2.72 bits per heavy atom. The van der Waals surface area contributed by atoms with Gasteiger partial charge in [-0.1, -0.05) is 13.0 Å². The number of aryl methyl sites for hydroxylation is 1. The van der Waals surface area contributed by atoms with E-state index in [0.717, 1.165) is 18.2 Å². The van der Waals surface area contributed by atoms with Gasteiger partial charge in [-0.15, -0.1) is 0 Å². The third-order valence-corrected chi connectivity index (χ3v) is 5.40. The number of nitro groups is 1. The summed E-state index contributed by atoms with van der Waals surface area (Å²) in [5, 5.41) is 14.6. The lowest BCUT2D eigenvalue weighted by molar-refractivity contribution is -0.385. The highest BCUT2D eigenvalue weighted by atomic mass is 32.2. The van der Waals surface area contributed by atoms with Crippen molar-refractivity contribution in [1.82, 2.24) is 4.83 Å². The van der Waals surface area contributed by atoms with Gasteiger partial charge in [0.1, 0.15) is 11.5 Å². The number of hydrogen-bond acceptors (Lipinski definition) is 6. The first kappa shape index (κ1) is 17.2. The van der Waals surface area contributed by atoms with Crippen LogP contribution in [-0.2, 0) is 10.0 Å². The zero-order valence-corrected chi connectivity index (χ0v) is 14.5. The van der Waals surface area contributed by atoms with Crippen molar-refractivity contribution in [3.05, 3.63) is 57.5 Å². The molecule has 1 aromatic heterocycles. The van der Waals surface area contributed by atoms with E-state index < -0.39 is 14.9 Å². The highest BCUT2D eigenvalue weighted by Crippen LogP contribution is 2.47. The van der Waals surface area contributed by atoms with E-state index in [1.54, 1.807) is 6.07 Å². The van der Waals surface area contributed by atoms with Crippen LogP contribution in [0.1, 0.15) is 36.3 Å². The second-order valence-electron chi connectivity index (χ2n) is 6.12. The topological polar surface area (TPSA) is 115 Å². The van der Waals surface area contributed by atoms with Crippen LogP contribution < -0.4 is 4.83 Å². The van der Waals surface area contributed by atoms with Crippen molar-refractivity contribution in [3.63, 3.8) is 0 Å². The fourth-order valence-electron chi connectivity index (χ4n) is 2.52. The normalized spacial score (nSPS) is 19.9. The van der Waals surface area contributed by atoms with Crippen LogP contribution in [0.4, 0.5) is 5.69 Å². The average Bonchev–Trinajstić information content (AvgIpc) is 3.08. The second-order valence-corrected chi connectivity index (χ2v) is 7.78. The standard InChI is InChI=1S/C16H17N3O5S/c1-10-3-5-13(8-15(10)19(20)21)25(22,23)18-17-9-12-4-6-16(24-12)14-7-11(14)2/h3-6,8-9,11,14,18H,7H2,1-2H3/b17-9-/t11-,14+/m0/s1. The molecule has 0 spiro atoms. The van der Waals surface area contributed by atoms with Gasteiger partial charge in [0.25, 0.3) is 15.7 Å². The SMILES string of the molecule is Cc1ccc(S(=O)(=O)N/N=C\c2ccc([C@@H]3C[C@@H]3C)o2)cc1[N+](=O)[O-]. The van der Waals surface area contributed by atoms with Gasteiger partial charge < -0.3 is 4.42 Å². The number of sulfonamides is 1. The van der Waals surface area contributed by atoms with Crippen LogP contribution in [0.2, 0.25) is 0 Å². The molecule has 0 saturated heterocycles. The van der Waals surface area contributed by atoms with Crippen molar-refractivity contribution in [3.8, 4) is 0 Å². The highest BCUT2D eigenvalue weighted by molar-refractivity contribution is 7.89. The van der Waals surface area contributed by atoms with E-state index in [1.807, 2.05) is 10.9 Å². The maximum absolute atomic E-state index is 12.2. The molecule has 132 valence electrons. The molecule has 0 bridgehead atoms. The number of benzene rings is 1. The molecule has 1 aliphatic carbocycles. The number of hydrazone groups is 1. The molecule has 0 unspecified atom stereocenters. The summed E-state index contributed by atoms with van der Waals surface area (Å²) >= 11 is 0. The summed E-state index contributed by atoms with van der Waals surface area (Å²) < 4.78 is 30.0. The van der Waals surface area contributed by atoms with Crippen molar-refractivity contribution in [2.24, 2.45) is 11.0 Å². The van der Waals surface area contributed by atoms with Gasteiger partial charge in [-0.2, -0.15) is 18.4 Å². The molecule has 1 heterocycles. The minimum atomic E-state index is -4.00. The van der Waals surface area contributed by atoms with E-state index in [4.69, 9.17) is 4.42 Å². The Morgan fingerprint density at radius 2 is 2.08 bits per heavy atom. The number of nitrogens with zero attached hydrogens (tertiary/aromatic N) is 2. The van der Waals surface area contributed by atoms with Gasteiger partial charge in [0.05, 0.1) is 16.0 Å². The molecule has 1 saturated carbocycles. The van der Waals surface area contributed by atoms with Crippen molar-refractivity contribution in [2.75, 3.05) is 0 Å². The Hall–Kier alpha value is -2.68. The Morgan fingerprint density at radius 1 is 1.36 bits per heavy atom. The minimum Gasteiger partial charge on any atom is -0.460 e. The van der Waals surface area contributed by atoms with Crippen molar-refractivity contribution < 1.29 is 17.8 Å². The summed E-state index contributed by atoms with van der Waals surface area (Å²) in [7, 11) is -4.00. The molecule has 1 aromatic carbocycles. The Kier molecular flexibility index (Phi) is 4.34. The van der Waals surface area contributed by atoms with Crippen LogP contribution in [0.5, 0.6) is 0 Å². The van der Waals surface area contributed by atoms with Crippen molar-refractivity contribution in [2.45, 2.75) is 31.1 Å². The van der Waals surface area contributed by atoms with Crippen LogP contribution in [0, 0.1) is 23.0 Å². The molecule has 0 aliphatic heterocycles. The van der Waals surface area contributed by atoms with E-state index in [9.17, 15) is 18.5 Å². The van der Waals surface area contributed by atoms with E-state index >= 15 is 0 Å². The predicted molar refractivity (Wildman–Crippen MR) is 91.0 cm³/mol. The van der Waals surface area contributed by atoms with Crippen molar-refractivity contribution >= 4 is 21.9 Å². The van der Waals surface area contributed by atoms with Gasteiger partial charge in [-0.3, -0.25) is 10.1 Å². The lowest BCUT2D eigenvalue weighted by Gasteiger charge is -2.04. The fraction of sp³-hybridized carbons (Fsp3) is 0.312. The quantitative estimate of drug-likeness (QED) is 0.481. The van der Waals surface area contributed by atoms with Crippen LogP contribution in [0.15, 0.2) is 44.7 Å². The Balaban J connectivity index is 1.72. The zero-order valence-electron chi connectivity index (χ0n) is 13.7. The number of furan rings is 1. The highest BCUT2D eigenvalue weighted by Gasteiger charge is 2.36. The molecule has 2 atom stereocenters. The first-order valence-corrected chi connectivity index (χ1v) is 9.16. The van der Waals surface area contributed by atoms with Gasteiger partial charge in [0.15, 0.2) is 0 Å². The first-order valence-electron chi connectivity index (χ1n) is 7.67. The predicted octanol–water partition coefficient (Wildman–Crippen LogP) is 2.93. The van der Waals surface area contributed by atoms with Gasteiger partial charge >= 0.3 is 0 Å². The molecule has 3 rings (SSSR count). The van der Waals surface area contributed by atoms with E-state index in [0.29, 0.717) is 23.2 Å². The monoisotopic (exact) mass is 363 g/mol. The summed E-state index contributed by atoms with van der Waals surface area (Å²) in [5.41, 5.74) is 0.117. The summed E-state index contributed by atoms with van der Waals surface area (Å²) in [6, 6.07) is 7.25. The smallest absolute Gasteiger partial charge is 0.276 e. The largest absolute Gasteiger partial charge is 0.460 e. The molecule has 8 nitrogen and oxygen atoms in total. The maximum atomic E-state index is 12.2. The lowest BCUT2D eigenvalue weighted by atomic mass is 10.2. The number of nitrogens with one attached hydrogen (secondary N) is 1. The van der Waals surface area contributed by atoms with Crippen LogP contribution in [0.25, 0.3) is 0 Å². The average molecular weight is 363 g/mol. The van der Waals surface area contributed by atoms with Gasteiger partial charge in [0, 0.05) is 17.5 Å². The third-order valence-electron chi connectivity index (χ3n) is 4.17.